The molecule has 3 nitrogen and oxygen atoms in total. The van der Waals surface area contributed by atoms with Gasteiger partial charge in [0.1, 0.15) is 0 Å². The minimum atomic E-state index is -6.31. The third kappa shape index (κ3) is 6.81. The lowest BCUT2D eigenvalue weighted by Crippen LogP contribution is -2.51. The molecule has 0 bridgehead atoms. The molecule has 0 amide bonds. The van der Waals surface area contributed by atoms with Crippen LogP contribution >= 0.6 is 0 Å². The first-order chi connectivity index (χ1) is 9.21. The van der Waals surface area contributed by atoms with Crippen LogP contribution in [0.15, 0.2) is 0 Å². The fourth-order valence-electron chi connectivity index (χ4n) is 1.38. The monoisotopic (exact) mass is 348 g/mol. The normalized spacial score (nSPS) is 14.5. The molecule has 0 rings (SSSR count). The van der Waals surface area contributed by atoms with Crippen LogP contribution in [0.4, 0.5) is 30.7 Å². The first-order valence-corrected chi connectivity index (χ1v) is 7.69. The predicted octanol–water partition coefficient (Wildman–Crippen LogP) is 3.75. The molecule has 0 heterocycles. The van der Waals surface area contributed by atoms with E-state index in [4.69, 9.17) is 0 Å². The Morgan fingerprint density at radius 3 is 1.76 bits per heavy atom. The summed E-state index contributed by atoms with van der Waals surface area (Å²) in [7, 11) is -3.62. The van der Waals surface area contributed by atoms with Crippen LogP contribution in [0.1, 0.15) is 32.1 Å². The highest BCUT2D eigenvalue weighted by Gasteiger charge is 2.72. The van der Waals surface area contributed by atoms with E-state index in [-0.39, 0.29) is 25.9 Å². The minimum Gasteiger partial charge on any atom is -0.270 e. The van der Waals surface area contributed by atoms with Crippen molar-refractivity contribution in [1.82, 2.24) is 0 Å². The van der Waals surface area contributed by atoms with Gasteiger partial charge in [-0.1, -0.05) is 12.8 Å². The van der Waals surface area contributed by atoms with Crippen molar-refractivity contribution in [1.29, 1.82) is 0 Å². The fraction of sp³-hybridized carbons (Fsp3) is 1.00. The average molecular weight is 348 g/mol. The van der Waals surface area contributed by atoms with Crippen LogP contribution in [-0.4, -0.2) is 39.3 Å². The molecule has 0 fully saturated rings. The molecule has 0 aliphatic rings. The number of alkyl halides is 7. The van der Waals surface area contributed by atoms with E-state index in [1.54, 1.807) is 0 Å². The molecule has 0 saturated heterocycles. The van der Waals surface area contributed by atoms with Crippen LogP contribution in [-0.2, 0) is 14.3 Å². The van der Waals surface area contributed by atoms with Crippen molar-refractivity contribution in [2.24, 2.45) is 0 Å². The van der Waals surface area contributed by atoms with Gasteiger partial charge < -0.3 is 0 Å². The predicted molar refractivity (Wildman–Crippen MR) is 59.8 cm³/mol. The smallest absolute Gasteiger partial charge is 0.270 e. The SMILES string of the molecule is CS(=O)(=O)OCCCCCCC(F)(F)C(F)(F)C(F)(F)F. The minimum absolute atomic E-state index is 0.0450. The van der Waals surface area contributed by atoms with Gasteiger partial charge in [0.25, 0.3) is 10.1 Å². The highest BCUT2D eigenvalue weighted by Crippen LogP contribution is 2.48. The largest absolute Gasteiger partial charge is 0.459 e. The van der Waals surface area contributed by atoms with Crippen molar-refractivity contribution in [3.05, 3.63) is 0 Å². The quantitative estimate of drug-likeness (QED) is 0.362. The summed E-state index contributed by atoms with van der Waals surface area (Å²) in [5.41, 5.74) is 0. The number of hydrogen-bond acceptors (Lipinski definition) is 3. The van der Waals surface area contributed by atoms with Crippen LogP contribution in [0.3, 0.4) is 0 Å². The van der Waals surface area contributed by atoms with E-state index < -0.39 is 41.0 Å². The van der Waals surface area contributed by atoms with E-state index in [0.29, 0.717) is 0 Å². The van der Waals surface area contributed by atoms with E-state index in [0.717, 1.165) is 6.26 Å². The van der Waals surface area contributed by atoms with E-state index >= 15 is 0 Å². The summed E-state index contributed by atoms with van der Waals surface area (Å²) in [6, 6.07) is 0. The summed E-state index contributed by atoms with van der Waals surface area (Å²) in [6.07, 6.45) is -7.36. The molecule has 21 heavy (non-hydrogen) atoms. The van der Waals surface area contributed by atoms with Gasteiger partial charge in [-0.05, 0) is 12.8 Å². The van der Waals surface area contributed by atoms with E-state index in [1.165, 1.54) is 0 Å². The van der Waals surface area contributed by atoms with Crippen molar-refractivity contribution in [3.63, 3.8) is 0 Å². The van der Waals surface area contributed by atoms with Crippen molar-refractivity contribution in [2.45, 2.75) is 50.1 Å². The summed E-state index contributed by atoms with van der Waals surface area (Å²) < 4.78 is 112. The molecule has 128 valence electrons. The van der Waals surface area contributed by atoms with Crippen LogP contribution in [0.5, 0.6) is 0 Å². The van der Waals surface area contributed by atoms with Gasteiger partial charge >= 0.3 is 18.0 Å². The van der Waals surface area contributed by atoms with Gasteiger partial charge in [0.15, 0.2) is 0 Å². The van der Waals surface area contributed by atoms with E-state index in [1.807, 2.05) is 0 Å². The maximum atomic E-state index is 12.9. The van der Waals surface area contributed by atoms with Crippen molar-refractivity contribution >= 4 is 10.1 Å². The van der Waals surface area contributed by atoms with Gasteiger partial charge in [0.2, 0.25) is 0 Å². The molecular weight excluding hydrogens is 333 g/mol. The molecule has 0 aliphatic heterocycles. The Hall–Kier alpha value is -0.580. The second kappa shape index (κ2) is 7.12. The lowest BCUT2D eigenvalue weighted by atomic mass is 10.0. The number of rotatable bonds is 9. The van der Waals surface area contributed by atoms with Crippen LogP contribution in [0, 0.1) is 0 Å². The Kier molecular flexibility index (Phi) is 6.92. The molecule has 0 atom stereocenters. The number of unbranched alkanes of at least 4 members (excludes halogenated alkanes) is 3. The Labute approximate surface area is 117 Å². The zero-order valence-electron chi connectivity index (χ0n) is 11.0. The summed E-state index contributed by atoms with van der Waals surface area (Å²) in [5.74, 6) is -11.2. The van der Waals surface area contributed by atoms with E-state index in [9.17, 15) is 39.2 Å². The molecule has 0 aromatic rings. The van der Waals surface area contributed by atoms with Crippen LogP contribution in [0.2, 0.25) is 0 Å². The van der Waals surface area contributed by atoms with Crippen LogP contribution < -0.4 is 0 Å². The molecular formula is C10H15F7O3S. The highest BCUT2D eigenvalue weighted by atomic mass is 32.2. The summed E-state index contributed by atoms with van der Waals surface area (Å²) in [6.45, 7) is -0.200. The summed E-state index contributed by atoms with van der Waals surface area (Å²) >= 11 is 0. The summed E-state index contributed by atoms with van der Waals surface area (Å²) in [5, 5.41) is 0. The lowest BCUT2D eigenvalue weighted by Gasteiger charge is -2.28. The van der Waals surface area contributed by atoms with Gasteiger partial charge in [-0.3, -0.25) is 4.18 Å². The second-order valence-electron chi connectivity index (χ2n) is 4.47. The Balaban J connectivity index is 4.07. The van der Waals surface area contributed by atoms with Gasteiger partial charge in [-0.15, -0.1) is 0 Å². The molecule has 11 heteroatoms. The lowest BCUT2D eigenvalue weighted by molar-refractivity contribution is -0.355. The van der Waals surface area contributed by atoms with Gasteiger partial charge in [0.05, 0.1) is 12.9 Å². The zero-order valence-corrected chi connectivity index (χ0v) is 11.8. The highest BCUT2D eigenvalue weighted by molar-refractivity contribution is 7.85. The van der Waals surface area contributed by atoms with E-state index in [2.05, 4.69) is 4.18 Å². The molecule has 0 saturated carbocycles. The van der Waals surface area contributed by atoms with Crippen molar-refractivity contribution < 1.29 is 43.3 Å². The maximum absolute atomic E-state index is 12.9. The third-order valence-electron chi connectivity index (χ3n) is 2.50. The molecule has 0 N–H and O–H groups in total. The van der Waals surface area contributed by atoms with Gasteiger partial charge in [-0.25, -0.2) is 0 Å². The second-order valence-corrected chi connectivity index (χ2v) is 6.11. The topological polar surface area (TPSA) is 43.4 Å². The Morgan fingerprint density at radius 1 is 0.857 bits per heavy atom. The molecule has 0 spiro atoms. The van der Waals surface area contributed by atoms with Gasteiger partial charge in [-0.2, -0.15) is 39.2 Å². The Bertz CT molecular complexity index is 417. The third-order valence-corrected chi connectivity index (χ3v) is 3.09. The van der Waals surface area contributed by atoms with Crippen molar-refractivity contribution in [2.75, 3.05) is 12.9 Å². The molecule has 0 aromatic carbocycles. The maximum Gasteiger partial charge on any atom is 0.459 e. The molecule has 0 unspecified atom stereocenters. The van der Waals surface area contributed by atoms with Gasteiger partial charge in [0, 0.05) is 6.42 Å². The van der Waals surface area contributed by atoms with Crippen molar-refractivity contribution in [3.8, 4) is 0 Å². The molecule has 0 radical (unpaired) electrons. The zero-order chi connectivity index (χ0) is 16.9. The molecule has 0 aromatic heterocycles. The standard InChI is InChI=1S/C10H15F7O3S/c1-21(18,19)20-7-5-3-2-4-6-8(11,12)9(13,14)10(15,16)17/h2-7H2,1H3. The number of hydrogen-bond donors (Lipinski definition) is 0. The average Bonchev–Trinajstić information content (AvgIpc) is 2.24. The first kappa shape index (κ1) is 20.4. The first-order valence-electron chi connectivity index (χ1n) is 5.87. The Morgan fingerprint density at radius 2 is 1.33 bits per heavy atom. The number of halogens is 7. The fourth-order valence-corrected chi connectivity index (χ4v) is 1.80. The molecule has 0 aliphatic carbocycles. The summed E-state index contributed by atoms with van der Waals surface area (Å²) in [4.78, 5) is 0. The van der Waals surface area contributed by atoms with Crippen LogP contribution in [0.25, 0.3) is 0 Å².